The average molecular weight is 330 g/mol. The van der Waals surface area contributed by atoms with Gasteiger partial charge in [0.2, 0.25) is 0 Å². The lowest BCUT2D eigenvalue weighted by Gasteiger charge is -2.08. The molecule has 6 nitrogen and oxygen atoms in total. The van der Waals surface area contributed by atoms with Crippen LogP contribution in [0.1, 0.15) is 0 Å². The van der Waals surface area contributed by atoms with E-state index in [0.29, 0.717) is 11.0 Å². The van der Waals surface area contributed by atoms with E-state index in [1.807, 2.05) is 0 Å². The lowest BCUT2D eigenvalue weighted by molar-refractivity contribution is 0.603. The van der Waals surface area contributed by atoms with Gasteiger partial charge in [0.15, 0.2) is 0 Å². The summed E-state index contributed by atoms with van der Waals surface area (Å²) in [4.78, 5) is 16.3. The number of anilines is 1. The van der Waals surface area contributed by atoms with Gasteiger partial charge in [-0.3, -0.25) is 4.72 Å². The maximum absolute atomic E-state index is 12.1. The Balaban J connectivity index is 2.07. The first kappa shape index (κ1) is 13.2. The van der Waals surface area contributed by atoms with Crippen molar-refractivity contribution >= 4 is 49.7 Å². The molecule has 0 unspecified atom stereocenters. The quantitative estimate of drug-likeness (QED) is 0.688. The summed E-state index contributed by atoms with van der Waals surface area (Å²) in [6, 6.07) is 6.10. The van der Waals surface area contributed by atoms with Crippen molar-refractivity contribution in [2.75, 3.05) is 4.72 Å². The second kappa shape index (κ2) is 4.65. The van der Waals surface area contributed by atoms with E-state index in [1.54, 1.807) is 11.4 Å². The molecule has 3 aromatic rings. The lowest BCUT2D eigenvalue weighted by atomic mass is 10.3. The standard InChI is InChI=1S/C11H8ClN3O3S2/c12-6-4-8-9(14-11(16)13-8)5-7(6)15-20(17,18)10-2-1-3-19-10/h1-5,15H,(H2,13,14,16). The third-order valence-electron chi connectivity index (χ3n) is 2.61. The number of rotatable bonds is 3. The van der Waals surface area contributed by atoms with Crippen molar-refractivity contribution in [3.05, 3.63) is 45.2 Å². The molecule has 20 heavy (non-hydrogen) atoms. The monoisotopic (exact) mass is 329 g/mol. The minimum absolute atomic E-state index is 0.191. The fourth-order valence-electron chi connectivity index (χ4n) is 1.75. The van der Waals surface area contributed by atoms with E-state index in [1.165, 1.54) is 18.2 Å². The Morgan fingerprint density at radius 2 is 1.90 bits per heavy atom. The van der Waals surface area contributed by atoms with Crippen LogP contribution in [-0.2, 0) is 10.0 Å². The van der Waals surface area contributed by atoms with Crippen LogP contribution in [0.5, 0.6) is 0 Å². The van der Waals surface area contributed by atoms with Crippen LogP contribution in [-0.4, -0.2) is 18.4 Å². The molecule has 2 aromatic heterocycles. The van der Waals surface area contributed by atoms with E-state index in [-0.39, 0.29) is 20.6 Å². The predicted octanol–water partition coefficient (Wildman–Crippen LogP) is 2.37. The molecule has 0 aliphatic heterocycles. The van der Waals surface area contributed by atoms with E-state index >= 15 is 0 Å². The molecule has 0 bridgehead atoms. The Hall–Kier alpha value is -1.77. The molecule has 0 spiro atoms. The number of hydrogen-bond acceptors (Lipinski definition) is 4. The van der Waals surface area contributed by atoms with Crippen molar-refractivity contribution in [1.82, 2.24) is 9.97 Å². The summed E-state index contributed by atoms with van der Waals surface area (Å²) < 4.78 is 26.8. The number of benzene rings is 1. The number of nitrogens with one attached hydrogen (secondary N) is 3. The molecule has 0 fully saturated rings. The zero-order valence-corrected chi connectivity index (χ0v) is 12.2. The zero-order valence-electron chi connectivity index (χ0n) is 9.81. The second-order valence-electron chi connectivity index (χ2n) is 3.99. The summed E-state index contributed by atoms with van der Waals surface area (Å²) >= 11 is 7.13. The molecule has 0 saturated carbocycles. The van der Waals surface area contributed by atoms with Crippen molar-refractivity contribution < 1.29 is 8.42 Å². The Morgan fingerprint density at radius 3 is 2.55 bits per heavy atom. The molecular weight excluding hydrogens is 322 g/mol. The number of aromatic amines is 2. The van der Waals surface area contributed by atoms with Crippen molar-refractivity contribution in [3.63, 3.8) is 0 Å². The van der Waals surface area contributed by atoms with Gasteiger partial charge in [-0.05, 0) is 23.6 Å². The molecule has 0 aliphatic carbocycles. The largest absolute Gasteiger partial charge is 0.323 e. The molecule has 9 heteroatoms. The van der Waals surface area contributed by atoms with Crippen LogP contribution in [0, 0.1) is 0 Å². The smallest absolute Gasteiger partial charge is 0.306 e. The number of thiophene rings is 1. The highest BCUT2D eigenvalue weighted by atomic mass is 35.5. The minimum Gasteiger partial charge on any atom is -0.306 e. The molecular formula is C11H8ClN3O3S2. The minimum atomic E-state index is -3.67. The van der Waals surface area contributed by atoms with Gasteiger partial charge in [0.05, 0.1) is 21.7 Å². The SMILES string of the molecule is O=c1[nH]c2cc(Cl)c(NS(=O)(=O)c3cccs3)cc2[nH]1. The Bertz CT molecular complexity index is 926. The van der Waals surface area contributed by atoms with E-state index in [2.05, 4.69) is 14.7 Å². The lowest BCUT2D eigenvalue weighted by Crippen LogP contribution is -2.11. The molecule has 104 valence electrons. The first-order chi connectivity index (χ1) is 9.45. The predicted molar refractivity (Wildman–Crippen MR) is 79.1 cm³/mol. The van der Waals surface area contributed by atoms with E-state index in [4.69, 9.17) is 11.6 Å². The fourth-order valence-corrected chi connectivity index (χ4v) is 4.08. The van der Waals surface area contributed by atoms with E-state index in [9.17, 15) is 13.2 Å². The number of aromatic nitrogens is 2. The Morgan fingerprint density at radius 1 is 1.20 bits per heavy atom. The van der Waals surface area contributed by atoms with Gasteiger partial charge in [0, 0.05) is 0 Å². The van der Waals surface area contributed by atoms with Crippen LogP contribution in [0.2, 0.25) is 5.02 Å². The van der Waals surface area contributed by atoms with Gasteiger partial charge in [0.25, 0.3) is 10.0 Å². The van der Waals surface area contributed by atoms with Crippen LogP contribution in [0.3, 0.4) is 0 Å². The molecule has 0 radical (unpaired) electrons. The Labute approximate surface area is 122 Å². The van der Waals surface area contributed by atoms with Gasteiger partial charge >= 0.3 is 5.69 Å². The summed E-state index contributed by atoms with van der Waals surface area (Å²) in [5.74, 6) is 0. The zero-order chi connectivity index (χ0) is 14.3. The van der Waals surface area contributed by atoms with Gasteiger partial charge in [-0.15, -0.1) is 11.3 Å². The number of imidazole rings is 1. The molecule has 0 amide bonds. The van der Waals surface area contributed by atoms with Crippen LogP contribution < -0.4 is 10.4 Å². The molecule has 0 saturated heterocycles. The summed E-state index contributed by atoms with van der Waals surface area (Å²) in [6.45, 7) is 0. The molecule has 2 heterocycles. The summed E-state index contributed by atoms with van der Waals surface area (Å²) in [7, 11) is -3.67. The van der Waals surface area contributed by atoms with Gasteiger partial charge in [0.1, 0.15) is 4.21 Å². The van der Waals surface area contributed by atoms with Crippen LogP contribution in [0.4, 0.5) is 5.69 Å². The van der Waals surface area contributed by atoms with Crippen molar-refractivity contribution in [1.29, 1.82) is 0 Å². The maximum Gasteiger partial charge on any atom is 0.323 e. The third-order valence-corrected chi connectivity index (χ3v) is 5.68. The highest BCUT2D eigenvalue weighted by molar-refractivity contribution is 7.94. The second-order valence-corrected chi connectivity index (χ2v) is 7.26. The molecule has 0 atom stereocenters. The number of hydrogen-bond donors (Lipinski definition) is 3. The third kappa shape index (κ3) is 2.33. The van der Waals surface area contributed by atoms with Gasteiger partial charge in [-0.2, -0.15) is 0 Å². The van der Waals surface area contributed by atoms with Gasteiger partial charge < -0.3 is 9.97 Å². The Kier molecular flexibility index (Phi) is 3.08. The molecule has 3 rings (SSSR count). The molecule has 0 aliphatic rings. The van der Waals surface area contributed by atoms with Crippen LogP contribution >= 0.6 is 22.9 Å². The summed E-state index contributed by atoms with van der Waals surface area (Å²) in [5.41, 5.74) is 0.819. The number of fused-ring (bicyclic) bond motifs is 1. The number of H-pyrrole nitrogens is 2. The highest BCUT2D eigenvalue weighted by Gasteiger charge is 2.17. The fraction of sp³-hybridized carbons (Fsp3) is 0. The molecule has 3 N–H and O–H groups in total. The van der Waals surface area contributed by atoms with Crippen molar-refractivity contribution in [3.8, 4) is 0 Å². The normalized spacial score (nSPS) is 11.8. The van der Waals surface area contributed by atoms with E-state index in [0.717, 1.165) is 11.3 Å². The van der Waals surface area contributed by atoms with Crippen LogP contribution in [0.15, 0.2) is 38.6 Å². The van der Waals surface area contributed by atoms with Gasteiger partial charge in [-0.1, -0.05) is 17.7 Å². The first-order valence-electron chi connectivity index (χ1n) is 5.43. The van der Waals surface area contributed by atoms with Crippen molar-refractivity contribution in [2.45, 2.75) is 4.21 Å². The highest BCUT2D eigenvalue weighted by Crippen LogP contribution is 2.28. The number of halogens is 1. The summed E-state index contributed by atoms with van der Waals surface area (Å²) in [5, 5.41) is 1.87. The molecule has 1 aromatic carbocycles. The van der Waals surface area contributed by atoms with Crippen molar-refractivity contribution in [2.24, 2.45) is 0 Å². The van der Waals surface area contributed by atoms with Crippen LogP contribution in [0.25, 0.3) is 11.0 Å². The number of sulfonamides is 1. The maximum atomic E-state index is 12.1. The topological polar surface area (TPSA) is 94.8 Å². The summed E-state index contributed by atoms with van der Waals surface area (Å²) in [6.07, 6.45) is 0. The van der Waals surface area contributed by atoms with E-state index < -0.39 is 10.0 Å². The average Bonchev–Trinajstić information content (AvgIpc) is 2.98. The first-order valence-corrected chi connectivity index (χ1v) is 8.18. The van der Waals surface area contributed by atoms with Gasteiger partial charge in [-0.25, -0.2) is 13.2 Å².